The molecule has 2 atom stereocenters. The van der Waals surface area contributed by atoms with Gasteiger partial charge in [-0.25, -0.2) is 0 Å². The van der Waals surface area contributed by atoms with Crippen LogP contribution in [0.25, 0.3) is 0 Å². The number of aromatic nitrogens is 2. The van der Waals surface area contributed by atoms with Gasteiger partial charge in [-0.05, 0) is 17.2 Å². The Kier molecular flexibility index (Phi) is 6.57. The molecule has 1 aromatic heterocycles. The number of nitro groups is 1. The van der Waals surface area contributed by atoms with Gasteiger partial charge in [-0.1, -0.05) is 11.6 Å². The molecular weight excluding hydrogens is 381 g/mol. The highest BCUT2D eigenvalue weighted by molar-refractivity contribution is 6.31. The van der Waals surface area contributed by atoms with E-state index >= 15 is 0 Å². The first-order valence-electron chi connectivity index (χ1n) is 7.85. The Hall–Kier alpha value is -2.16. The molecule has 10 heteroatoms. The third-order valence-corrected chi connectivity index (χ3v) is 4.77. The third kappa shape index (κ3) is 4.32. The van der Waals surface area contributed by atoms with E-state index in [2.05, 4.69) is 15.7 Å². The molecule has 0 unspecified atom stereocenters. The van der Waals surface area contributed by atoms with E-state index in [-0.39, 0.29) is 42.4 Å². The smallest absolute Gasteiger partial charge is 0.269 e. The Labute approximate surface area is 161 Å². The monoisotopic (exact) mass is 399 g/mol. The number of nitrogens with one attached hydrogen (secondary N) is 2. The maximum Gasteiger partial charge on any atom is 0.269 e. The highest BCUT2D eigenvalue weighted by atomic mass is 35.5. The highest BCUT2D eigenvalue weighted by Crippen LogP contribution is 2.28. The van der Waals surface area contributed by atoms with Gasteiger partial charge in [-0.2, -0.15) is 5.10 Å². The van der Waals surface area contributed by atoms with E-state index < -0.39 is 4.92 Å². The van der Waals surface area contributed by atoms with Crippen molar-refractivity contribution >= 4 is 35.6 Å². The lowest BCUT2D eigenvalue weighted by molar-refractivity contribution is -0.384. The zero-order valence-corrected chi connectivity index (χ0v) is 15.6. The standard InChI is InChI=1S/C16H18ClN5O3.ClH/c1-21-9-11(6-20-21)13-7-18-8-14(13)16(23)19-5-10-4-12(22(24)25)2-3-15(10)17;/h2-4,6,9,13-14,18H,5,7-8H2,1H3,(H,19,23);1H/t13-,14+;/m1./s1. The van der Waals surface area contributed by atoms with Gasteiger partial charge in [0.05, 0.1) is 17.0 Å². The van der Waals surface area contributed by atoms with E-state index in [1.165, 1.54) is 18.2 Å². The van der Waals surface area contributed by atoms with Crippen molar-refractivity contribution in [2.75, 3.05) is 13.1 Å². The number of halogens is 2. The lowest BCUT2D eigenvalue weighted by Crippen LogP contribution is -2.34. The summed E-state index contributed by atoms with van der Waals surface area (Å²) >= 11 is 6.07. The van der Waals surface area contributed by atoms with Crippen molar-refractivity contribution in [3.63, 3.8) is 0 Å². The number of nitrogens with zero attached hydrogens (tertiary/aromatic N) is 3. The van der Waals surface area contributed by atoms with Crippen LogP contribution in [0.1, 0.15) is 17.0 Å². The highest BCUT2D eigenvalue weighted by Gasteiger charge is 2.34. The predicted octanol–water partition coefficient (Wildman–Crippen LogP) is 2.02. The molecule has 2 aromatic rings. The molecule has 1 aliphatic heterocycles. The van der Waals surface area contributed by atoms with Crippen LogP contribution >= 0.6 is 24.0 Å². The zero-order chi connectivity index (χ0) is 18.0. The molecule has 0 spiro atoms. The molecule has 8 nitrogen and oxygen atoms in total. The quantitative estimate of drug-likeness (QED) is 0.591. The van der Waals surface area contributed by atoms with Gasteiger partial charge in [0, 0.05) is 56.0 Å². The van der Waals surface area contributed by atoms with Gasteiger partial charge in [0.1, 0.15) is 0 Å². The maximum atomic E-state index is 12.6. The van der Waals surface area contributed by atoms with Crippen molar-refractivity contribution in [2.45, 2.75) is 12.5 Å². The molecule has 26 heavy (non-hydrogen) atoms. The SMILES string of the molecule is Cl.Cn1cc([C@H]2CNC[C@@H]2C(=O)NCc2cc([N+](=O)[O-])ccc2Cl)cn1. The number of hydrogen-bond donors (Lipinski definition) is 2. The number of nitro benzene ring substituents is 1. The van der Waals surface area contributed by atoms with E-state index in [1.807, 2.05) is 13.2 Å². The van der Waals surface area contributed by atoms with Crippen LogP contribution in [0.15, 0.2) is 30.6 Å². The van der Waals surface area contributed by atoms with E-state index in [4.69, 9.17) is 11.6 Å². The molecule has 1 saturated heterocycles. The van der Waals surface area contributed by atoms with Crippen LogP contribution in [-0.2, 0) is 18.4 Å². The molecule has 0 radical (unpaired) electrons. The molecule has 2 heterocycles. The Morgan fingerprint density at radius 3 is 2.92 bits per heavy atom. The van der Waals surface area contributed by atoms with Gasteiger partial charge < -0.3 is 10.6 Å². The molecule has 1 amide bonds. The summed E-state index contributed by atoms with van der Waals surface area (Å²) < 4.78 is 1.71. The Bertz CT molecular complexity index is 811. The van der Waals surface area contributed by atoms with Gasteiger partial charge in [0.2, 0.25) is 5.91 Å². The summed E-state index contributed by atoms with van der Waals surface area (Å²) in [5.41, 5.74) is 1.48. The second kappa shape index (κ2) is 8.48. The van der Waals surface area contributed by atoms with Crippen molar-refractivity contribution in [2.24, 2.45) is 13.0 Å². The number of carbonyl (C=O) groups excluding carboxylic acids is 1. The molecule has 0 bridgehead atoms. The fraction of sp³-hybridized carbons (Fsp3) is 0.375. The fourth-order valence-corrected chi connectivity index (χ4v) is 3.24. The van der Waals surface area contributed by atoms with E-state index in [0.717, 1.165) is 5.56 Å². The molecule has 1 aromatic carbocycles. The van der Waals surface area contributed by atoms with Crippen LogP contribution in [0.2, 0.25) is 5.02 Å². The van der Waals surface area contributed by atoms with Crippen molar-refractivity contribution in [1.29, 1.82) is 0 Å². The molecule has 2 N–H and O–H groups in total. The summed E-state index contributed by atoms with van der Waals surface area (Å²) in [6, 6.07) is 4.19. The summed E-state index contributed by atoms with van der Waals surface area (Å²) in [5.74, 6) is -0.280. The van der Waals surface area contributed by atoms with Crippen LogP contribution in [0.4, 0.5) is 5.69 Å². The molecule has 0 saturated carbocycles. The van der Waals surface area contributed by atoms with Crippen molar-refractivity contribution in [3.8, 4) is 0 Å². The average Bonchev–Trinajstić information content (AvgIpc) is 3.22. The topological polar surface area (TPSA) is 102 Å². The minimum absolute atomic E-state index is 0. The van der Waals surface area contributed by atoms with E-state index in [1.54, 1.807) is 10.9 Å². The largest absolute Gasteiger partial charge is 0.352 e. The summed E-state index contributed by atoms with van der Waals surface area (Å²) in [5, 5.41) is 21.5. The lowest BCUT2D eigenvalue weighted by atomic mass is 9.90. The first kappa shape index (κ1) is 20.2. The van der Waals surface area contributed by atoms with Gasteiger partial charge in [0.25, 0.3) is 5.69 Å². The normalized spacial score (nSPS) is 19.0. The minimum Gasteiger partial charge on any atom is -0.352 e. The van der Waals surface area contributed by atoms with E-state index in [0.29, 0.717) is 23.7 Å². The number of benzene rings is 1. The zero-order valence-electron chi connectivity index (χ0n) is 14.0. The lowest BCUT2D eigenvalue weighted by Gasteiger charge is -2.17. The Morgan fingerprint density at radius 2 is 2.27 bits per heavy atom. The molecular formula is C16H19Cl2N5O3. The number of rotatable bonds is 5. The summed E-state index contributed by atoms with van der Waals surface area (Å²) in [6.07, 6.45) is 3.69. The molecule has 3 rings (SSSR count). The summed E-state index contributed by atoms with van der Waals surface area (Å²) in [6.45, 7) is 1.44. The van der Waals surface area contributed by atoms with Gasteiger partial charge in [0.15, 0.2) is 0 Å². The minimum atomic E-state index is -0.485. The van der Waals surface area contributed by atoms with Crippen molar-refractivity contribution < 1.29 is 9.72 Å². The van der Waals surface area contributed by atoms with Crippen LogP contribution in [0.3, 0.4) is 0 Å². The molecule has 1 aliphatic rings. The number of non-ortho nitro benzene ring substituents is 1. The van der Waals surface area contributed by atoms with Gasteiger partial charge in [-0.15, -0.1) is 12.4 Å². The maximum absolute atomic E-state index is 12.6. The first-order valence-corrected chi connectivity index (χ1v) is 8.23. The number of carbonyl (C=O) groups is 1. The fourth-order valence-electron chi connectivity index (χ4n) is 3.06. The van der Waals surface area contributed by atoms with E-state index in [9.17, 15) is 14.9 Å². The average molecular weight is 400 g/mol. The van der Waals surface area contributed by atoms with Crippen LogP contribution in [0.5, 0.6) is 0 Å². The second-order valence-corrected chi connectivity index (χ2v) is 6.48. The van der Waals surface area contributed by atoms with Gasteiger partial charge >= 0.3 is 0 Å². The first-order chi connectivity index (χ1) is 12.0. The number of aryl methyl sites for hydroxylation is 1. The van der Waals surface area contributed by atoms with Crippen LogP contribution < -0.4 is 10.6 Å². The number of amides is 1. The second-order valence-electron chi connectivity index (χ2n) is 6.07. The Morgan fingerprint density at radius 1 is 1.50 bits per heavy atom. The molecule has 1 fully saturated rings. The Balaban J connectivity index is 0.00000243. The summed E-state index contributed by atoms with van der Waals surface area (Å²) in [7, 11) is 1.84. The molecule has 0 aliphatic carbocycles. The van der Waals surface area contributed by atoms with Crippen LogP contribution in [0, 0.1) is 16.0 Å². The number of hydrogen-bond acceptors (Lipinski definition) is 5. The predicted molar refractivity (Wildman–Crippen MR) is 99.5 cm³/mol. The third-order valence-electron chi connectivity index (χ3n) is 4.40. The molecule has 140 valence electrons. The van der Waals surface area contributed by atoms with Crippen LogP contribution in [-0.4, -0.2) is 33.7 Å². The van der Waals surface area contributed by atoms with Gasteiger partial charge in [-0.3, -0.25) is 19.6 Å². The van der Waals surface area contributed by atoms with Crippen molar-refractivity contribution in [1.82, 2.24) is 20.4 Å². The van der Waals surface area contributed by atoms with Crippen molar-refractivity contribution in [3.05, 3.63) is 56.9 Å². The summed E-state index contributed by atoms with van der Waals surface area (Å²) in [4.78, 5) is 23.0.